The summed E-state index contributed by atoms with van der Waals surface area (Å²) in [5.74, 6) is 0. The van der Waals surface area contributed by atoms with Crippen molar-refractivity contribution in [3.8, 4) is 0 Å². The van der Waals surface area contributed by atoms with E-state index in [-0.39, 0.29) is 51.0 Å². The third-order valence-corrected chi connectivity index (χ3v) is 3.45. The molecule has 0 saturated heterocycles. The molecule has 0 aromatic heterocycles. The first-order valence-corrected chi connectivity index (χ1v) is 9.93. The molecule has 2 aromatic carbocycles. The summed E-state index contributed by atoms with van der Waals surface area (Å²) in [5.41, 5.74) is 7.21. The summed E-state index contributed by atoms with van der Waals surface area (Å²) in [6, 6.07) is 10.8. The van der Waals surface area contributed by atoms with Gasteiger partial charge in [-0.25, -0.2) is 6.07 Å². The van der Waals surface area contributed by atoms with Gasteiger partial charge in [0.1, 0.15) is 0 Å². The summed E-state index contributed by atoms with van der Waals surface area (Å²) in [5, 5.41) is 0. The minimum absolute atomic E-state index is 0. The molecule has 0 N–H and O–H groups in total. The van der Waals surface area contributed by atoms with Crippen LogP contribution in [0.25, 0.3) is 0 Å². The first kappa shape index (κ1) is 31.2. The van der Waals surface area contributed by atoms with Crippen molar-refractivity contribution in [3.63, 3.8) is 0 Å². The molecule has 2 aromatic rings. The zero-order valence-electron chi connectivity index (χ0n) is 15.6. The first-order chi connectivity index (χ1) is 9.47. The molecule has 0 nitrogen and oxygen atoms in total. The van der Waals surface area contributed by atoms with E-state index in [1.807, 2.05) is 0 Å². The van der Waals surface area contributed by atoms with Gasteiger partial charge in [-0.2, -0.15) is 52.1 Å². The van der Waals surface area contributed by atoms with E-state index in [0.29, 0.717) is 0 Å². The zero-order chi connectivity index (χ0) is 15.5. The Hall–Kier alpha value is 0.380. The van der Waals surface area contributed by atoms with Crippen LogP contribution in [0.3, 0.4) is 0 Å². The summed E-state index contributed by atoms with van der Waals surface area (Å²) in [6.45, 7) is 15.3. The molecule has 0 heterocycles. The van der Waals surface area contributed by atoms with Crippen molar-refractivity contribution >= 4 is 9.52 Å². The van der Waals surface area contributed by atoms with Gasteiger partial charge in [0.2, 0.25) is 0 Å². The molecule has 0 aliphatic carbocycles. The fourth-order valence-electron chi connectivity index (χ4n) is 2.00. The topological polar surface area (TPSA) is 0 Å². The quantitative estimate of drug-likeness (QED) is 0.429. The molecule has 0 bridgehead atoms. The van der Waals surface area contributed by atoms with E-state index >= 15 is 0 Å². The maximum atomic E-state index is 2.24. The fraction of sp³-hybridized carbons (Fsp3) is 0.474. The van der Waals surface area contributed by atoms with Crippen LogP contribution in [0.5, 0.6) is 0 Å². The Bertz CT molecular complexity index is 439. The molecule has 0 aliphatic heterocycles. The molecule has 0 amide bonds. The van der Waals surface area contributed by atoms with Crippen LogP contribution >= 0.6 is 0 Å². The van der Waals surface area contributed by atoms with Crippen LogP contribution in [0, 0.1) is 27.7 Å². The minimum atomic E-state index is 0. The number of hydrogen-bond donors (Lipinski definition) is 0. The largest absolute Gasteiger partial charge is 4.00 e. The Morgan fingerprint density at radius 1 is 1.13 bits per heavy atom. The minimum Gasteiger partial charge on any atom is -1.00 e. The predicted octanol–water partition coefficient (Wildman–Crippen LogP) is -0.478. The summed E-state index contributed by atoms with van der Waals surface area (Å²) >= 11 is 0. The van der Waals surface area contributed by atoms with Gasteiger partial charge in [-0.05, 0) is 0 Å². The van der Waals surface area contributed by atoms with Gasteiger partial charge in [0.25, 0.3) is 0 Å². The Morgan fingerprint density at radius 3 is 1.87 bits per heavy atom. The smallest absolute Gasteiger partial charge is 1.00 e. The number of rotatable bonds is 2. The molecule has 0 spiro atoms. The summed E-state index contributed by atoms with van der Waals surface area (Å²) in [6.07, 6.45) is 2.48. The van der Waals surface area contributed by atoms with E-state index in [1.54, 1.807) is 0 Å². The maximum Gasteiger partial charge on any atom is 4.00 e. The third kappa shape index (κ3) is 13.4. The fourth-order valence-corrected chi connectivity index (χ4v) is 2.00. The van der Waals surface area contributed by atoms with E-state index in [0.717, 1.165) is 9.52 Å². The summed E-state index contributed by atoms with van der Waals surface area (Å²) in [4.78, 5) is 0. The molecule has 129 valence electrons. The molecule has 1 radical (unpaired) electrons. The van der Waals surface area contributed by atoms with Crippen LogP contribution < -0.4 is 24.8 Å². The second-order valence-electron chi connectivity index (χ2n) is 5.38. The van der Waals surface area contributed by atoms with Crippen molar-refractivity contribution in [2.45, 2.75) is 60.6 Å². The van der Waals surface area contributed by atoms with Gasteiger partial charge in [0.15, 0.2) is 0 Å². The van der Waals surface area contributed by atoms with Gasteiger partial charge in [0.05, 0.1) is 0 Å². The molecule has 0 saturated carbocycles. The predicted molar refractivity (Wildman–Crippen MR) is 95.9 cm³/mol. The second kappa shape index (κ2) is 18.7. The van der Waals surface area contributed by atoms with E-state index in [4.69, 9.17) is 0 Å². The van der Waals surface area contributed by atoms with Crippen molar-refractivity contribution in [2.24, 2.45) is 0 Å². The van der Waals surface area contributed by atoms with E-state index in [9.17, 15) is 0 Å². The molecular weight excluding hydrogens is 418 g/mol. The second-order valence-corrected chi connectivity index (χ2v) is 6.54. The van der Waals surface area contributed by atoms with Crippen molar-refractivity contribution < 1.29 is 51.0 Å². The van der Waals surface area contributed by atoms with Gasteiger partial charge < -0.3 is 24.8 Å². The Kier molecular flexibility index (Phi) is 25.4. The van der Waals surface area contributed by atoms with Crippen LogP contribution in [0.2, 0.25) is 13.1 Å². The van der Waals surface area contributed by atoms with Gasteiger partial charge in [0, 0.05) is 9.52 Å². The van der Waals surface area contributed by atoms with Crippen molar-refractivity contribution in [1.29, 1.82) is 0 Å². The SMILES string of the molecule is CCCc1cc[cH-]c1.C[SiH]C.Cc1c[c-](C)c(C)c1C.[Cl-].[Cl-].[Zr+4]. The van der Waals surface area contributed by atoms with Crippen molar-refractivity contribution in [3.05, 3.63) is 58.1 Å². The third-order valence-electron chi connectivity index (χ3n) is 3.45. The summed E-state index contributed by atoms with van der Waals surface area (Å²) < 4.78 is 0. The van der Waals surface area contributed by atoms with Gasteiger partial charge in [-0.3, -0.25) is 0 Å². The van der Waals surface area contributed by atoms with Gasteiger partial charge in [-0.1, -0.05) is 60.6 Å². The van der Waals surface area contributed by atoms with Crippen LogP contribution in [0.4, 0.5) is 0 Å². The van der Waals surface area contributed by atoms with Crippen LogP contribution in [0.15, 0.2) is 30.3 Å². The zero-order valence-corrected chi connectivity index (χ0v) is 20.8. The molecule has 0 unspecified atom stereocenters. The Morgan fingerprint density at radius 2 is 1.65 bits per heavy atom. The molecular formula is C19H31Cl2SiZr. The average molecular weight is 450 g/mol. The average Bonchev–Trinajstić information content (AvgIpc) is 2.98. The number of hydrogen-bond acceptors (Lipinski definition) is 0. The van der Waals surface area contributed by atoms with Crippen molar-refractivity contribution in [1.82, 2.24) is 0 Å². The van der Waals surface area contributed by atoms with E-state index in [2.05, 4.69) is 78.0 Å². The Labute approximate surface area is 178 Å². The van der Waals surface area contributed by atoms with E-state index < -0.39 is 0 Å². The molecule has 2 rings (SSSR count). The molecule has 0 fully saturated rings. The van der Waals surface area contributed by atoms with Crippen LogP contribution in [-0.2, 0) is 32.6 Å². The molecule has 0 atom stereocenters. The summed E-state index contributed by atoms with van der Waals surface area (Å²) in [7, 11) is 0.750. The number of halogens is 2. The first-order valence-electron chi connectivity index (χ1n) is 7.62. The Balaban J connectivity index is -0.000000121. The van der Waals surface area contributed by atoms with Crippen LogP contribution in [0.1, 0.15) is 41.2 Å². The van der Waals surface area contributed by atoms with Gasteiger partial charge >= 0.3 is 26.2 Å². The molecule has 23 heavy (non-hydrogen) atoms. The van der Waals surface area contributed by atoms with Crippen molar-refractivity contribution in [2.75, 3.05) is 0 Å². The number of aryl methyl sites for hydroxylation is 3. The van der Waals surface area contributed by atoms with Crippen LogP contribution in [-0.4, -0.2) is 9.52 Å². The maximum absolute atomic E-state index is 2.24. The normalized spacial score (nSPS) is 8.13. The molecule has 0 aliphatic rings. The standard InChI is InChI=1S/C9H13.C8H11.C2H7Si.2ClH.Zr/c1-6-5-7(2)9(4)8(6)3;1-2-5-8-6-3-4-7-8;1-3-2;;;/h5H,1-4H3;3-4,6-7H,2,5H2,1H3;3H,1-2H3;2*1H;/q2*-1;;;;+4/p-2. The monoisotopic (exact) mass is 447 g/mol. The van der Waals surface area contributed by atoms with E-state index in [1.165, 1.54) is 40.7 Å². The molecule has 4 heteroatoms. The van der Waals surface area contributed by atoms with Gasteiger partial charge in [-0.15, -0.1) is 0 Å².